The number of amides is 1. The largest absolute Gasteiger partial charge is 0.345 e. The Morgan fingerprint density at radius 2 is 2.00 bits per heavy atom. The van der Waals surface area contributed by atoms with Gasteiger partial charge in [0.2, 0.25) is 0 Å². The van der Waals surface area contributed by atoms with Crippen LogP contribution < -0.4 is 5.32 Å². The third-order valence-corrected chi connectivity index (χ3v) is 5.33. The second-order valence-electron chi connectivity index (χ2n) is 4.98. The van der Waals surface area contributed by atoms with Crippen LogP contribution >= 0.6 is 23.1 Å². The zero-order valence-electron chi connectivity index (χ0n) is 12.5. The summed E-state index contributed by atoms with van der Waals surface area (Å²) < 4.78 is 25.0. The third-order valence-electron chi connectivity index (χ3n) is 3.51. The SMILES string of the molecule is Cc1cccc(C(C)NC(=O)c2sccc2SC(F)F)c1C. The van der Waals surface area contributed by atoms with Crippen LogP contribution in [0.25, 0.3) is 0 Å². The highest BCUT2D eigenvalue weighted by Crippen LogP contribution is 2.32. The highest BCUT2D eigenvalue weighted by molar-refractivity contribution is 7.99. The average Bonchev–Trinajstić information content (AvgIpc) is 2.89. The van der Waals surface area contributed by atoms with Gasteiger partial charge in [-0.15, -0.1) is 11.3 Å². The highest BCUT2D eigenvalue weighted by Gasteiger charge is 2.19. The fraction of sp³-hybridized carbons (Fsp3) is 0.312. The maximum atomic E-state index is 12.5. The molecule has 1 aromatic carbocycles. The average molecular weight is 341 g/mol. The maximum Gasteiger partial charge on any atom is 0.288 e. The molecule has 0 radical (unpaired) electrons. The van der Waals surface area contributed by atoms with Gasteiger partial charge in [-0.3, -0.25) is 4.79 Å². The van der Waals surface area contributed by atoms with E-state index in [-0.39, 0.29) is 11.9 Å². The summed E-state index contributed by atoms with van der Waals surface area (Å²) in [6.07, 6.45) is 0. The molecule has 1 atom stereocenters. The summed E-state index contributed by atoms with van der Waals surface area (Å²) >= 11 is 1.58. The van der Waals surface area contributed by atoms with E-state index in [0.717, 1.165) is 16.7 Å². The Morgan fingerprint density at radius 3 is 2.68 bits per heavy atom. The van der Waals surface area contributed by atoms with E-state index in [9.17, 15) is 13.6 Å². The van der Waals surface area contributed by atoms with Gasteiger partial charge in [-0.25, -0.2) is 0 Å². The number of hydrogen-bond acceptors (Lipinski definition) is 3. The van der Waals surface area contributed by atoms with E-state index in [1.165, 1.54) is 11.3 Å². The lowest BCUT2D eigenvalue weighted by molar-refractivity contribution is 0.0941. The van der Waals surface area contributed by atoms with Crippen molar-refractivity contribution in [3.8, 4) is 0 Å². The fourth-order valence-corrected chi connectivity index (χ4v) is 3.84. The van der Waals surface area contributed by atoms with E-state index in [2.05, 4.69) is 5.32 Å². The number of alkyl halides is 2. The van der Waals surface area contributed by atoms with Gasteiger partial charge in [0.05, 0.1) is 6.04 Å². The lowest BCUT2D eigenvalue weighted by Gasteiger charge is -2.18. The van der Waals surface area contributed by atoms with Crippen LogP contribution in [-0.2, 0) is 0 Å². The molecule has 2 rings (SSSR count). The molecule has 0 bridgehead atoms. The second kappa shape index (κ2) is 7.24. The first kappa shape index (κ1) is 17.0. The molecule has 2 aromatic rings. The Labute approximate surface area is 136 Å². The van der Waals surface area contributed by atoms with Crippen molar-refractivity contribution in [2.75, 3.05) is 0 Å². The van der Waals surface area contributed by atoms with Gasteiger partial charge in [-0.2, -0.15) is 8.78 Å². The minimum atomic E-state index is -2.53. The monoisotopic (exact) mass is 341 g/mol. The van der Waals surface area contributed by atoms with E-state index in [1.54, 1.807) is 11.4 Å². The molecule has 1 aromatic heterocycles. The molecule has 0 aliphatic rings. The van der Waals surface area contributed by atoms with Gasteiger partial charge in [-0.1, -0.05) is 30.0 Å². The number of benzene rings is 1. The van der Waals surface area contributed by atoms with Crippen molar-refractivity contribution in [1.29, 1.82) is 0 Å². The van der Waals surface area contributed by atoms with E-state index in [0.29, 0.717) is 21.5 Å². The van der Waals surface area contributed by atoms with E-state index >= 15 is 0 Å². The summed E-state index contributed by atoms with van der Waals surface area (Å²) in [5, 5.41) is 4.55. The Kier molecular flexibility index (Phi) is 5.58. The Balaban J connectivity index is 2.15. The van der Waals surface area contributed by atoms with Crippen LogP contribution in [0.5, 0.6) is 0 Å². The first-order valence-electron chi connectivity index (χ1n) is 6.79. The van der Waals surface area contributed by atoms with E-state index in [1.807, 2.05) is 39.0 Å². The van der Waals surface area contributed by atoms with Gasteiger partial charge < -0.3 is 5.32 Å². The van der Waals surface area contributed by atoms with Crippen molar-refractivity contribution in [2.24, 2.45) is 0 Å². The van der Waals surface area contributed by atoms with Crippen LogP contribution in [0.1, 0.15) is 39.3 Å². The molecule has 118 valence electrons. The molecule has 0 aliphatic heterocycles. The number of rotatable bonds is 5. The fourth-order valence-electron chi connectivity index (χ4n) is 2.23. The second-order valence-corrected chi connectivity index (χ2v) is 6.92. The van der Waals surface area contributed by atoms with Gasteiger partial charge in [0.15, 0.2) is 0 Å². The third kappa shape index (κ3) is 3.87. The first-order chi connectivity index (χ1) is 10.4. The molecule has 1 heterocycles. The molecular formula is C16H17F2NOS2. The quantitative estimate of drug-likeness (QED) is 0.760. The zero-order chi connectivity index (χ0) is 16.3. The predicted octanol–water partition coefficient (Wildman–Crippen LogP) is 5.17. The van der Waals surface area contributed by atoms with Crippen molar-refractivity contribution in [1.82, 2.24) is 5.32 Å². The minimum Gasteiger partial charge on any atom is -0.345 e. The number of nitrogens with one attached hydrogen (secondary N) is 1. The first-order valence-corrected chi connectivity index (χ1v) is 8.55. The van der Waals surface area contributed by atoms with Gasteiger partial charge in [0.25, 0.3) is 11.7 Å². The molecule has 1 N–H and O–H groups in total. The smallest absolute Gasteiger partial charge is 0.288 e. The molecule has 2 nitrogen and oxygen atoms in total. The van der Waals surface area contributed by atoms with Crippen molar-refractivity contribution < 1.29 is 13.6 Å². The summed E-state index contributed by atoms with van der Waals surface area (Å²) in [6, 6.07) is 7.31. The van der Waals surface area contributed by atoms with Gasteiger partial charge in [0.1, 0.15) is 4.88 Å². The molecule has 6 heteroatoms. The lowest BCUT2D eigenvalue weighted by atomic mass is 9.98. The minimum absolute atomic E-state index is 0.182. The molecule has 0 saturated carbocycles. The molecule has 1 unspecified atom stereocenters. The summed E-state index contributed by atoms with van der Waals surface area (Å²) in [5.74, 6) is -2.84. The van der Waals surface area contributed by atoms with Crippen molar-refractivity contribution in [3.05, 3.63) is 51.2 Å². The summed E-state index contributed by atoms with van der Waals surface area (Å²) in [7, 11) is 0. The molecule has 1 amide bonds. The Bertz CT molecular complexity index is 670. The molecule has 22 heavy (non-hydrogen) atoms. The lowest BCUT2D eigenvalue weighted by Crippen LogP contribution is -2.27. The summed E-state index contributed by atoms with van der Waals surface area (Å²) in [6.45, 7) is 5.92. The van der Waals surface area contributed by atoms with Crippen molar-refractivity contribution in [2.45, 2.75) is 37.5 Å². The molecule has 0 fully saturated rings. The molecular weight excluding hydrogens is 324 g/mol. The number of thioether (sulfide) groups is 1. The number of aryl methyl sites for hydroxylation is 1. The molecule has 0 saturated heterocycles. The number of hydrogen-bond donors (Lipinski definition) is 1. The van der Waals surface area contributed by atoms with Crippen LogP contribution in [0, 0.1) is 13.8 Å². The summed E-state index contributed by atoms with van der Waals surface area (Å²) in [5.41, 5.74) is 3.32. The number of carbonyl (C=O) groups is 1. The highest BCUT2D eigenvalue weighted by atomic mass is 32.2. The van der Waals surface area contributed by atoms with Crippen molar-refractivity contribution in [3.63, 3.8) is 0 Å². The van der Waals surface area contributed by atoms with Crippen LogP contribution in [0.15, 0.2) is 34.5 Å². The van der Waals surface area contributed by atoms with E-state index < -0.39 is 5.76 Å². The Morgan fingerprint density at radius 1 is 1.27 bits per heavy atom. The normalized spacial score (nSPS) is 12.5. The van der Waals surface area contributed by atoms with Crippen LogP contribution in [0.2, 0.25) is 0 Å². The molecule has 0 aliphatic carbocycles. The van der Waals surface area contributed by atoms with Crippen LogP contribution in [-0.4, -0.2) is 11.7 Å². The van der Waals surface area contributed by atoms with Gasteiger partial charge in [-0.05, 0) is 48.9 Å². The van der Waals surface area contributed by atoms with Gasteiger partial charge >= 0.3 is 0 Å². The topological polar surface area (TPSA) is 29.1 Å². The van der Waals surface area contributed by atoms with Crippen molar-refractivity contribution >= 4 is 29.0 Å². The Hall–Kier alpha value is -1.40. The number of carbonyl (C=O) groups excluding carboxylic acids is 1. The number of halogens is 2. The molecule has 0 spiro atoms. The zero-order valence-corrected chi connectivity index (χ0v) is 14.2. The summed E-state index contributed by atoms with van der Waals surface area (Å²) in [4.78, 5) is 13.0. The number of thiophene rings is 1. The predicted molar refractivity (Wildman–Crippen MR) is 88.0 cm³/mol. The maximum absolute atomic E-state index is 12.5. The van der Waals surface area contributed by atoms with Crippen LogP contribution in [0.4, 0.5) is 8.78 Å². The van der Waals surface area contributed by atoms with E-state index in [4.69, 9.17) is 0 Å². The standard InChI is InChI=1S/C16H17F2NOS2/c1-9-5-4-6-12(10(9)2)11(3)19-15(20)14-13(7-8-21-14)22-16(17)18/h4-8,11,16H,1-3H3,(H,19,20). The van der Waals surface area contributed by atoms with Gasteiger partial charge in [0, 0.05) is 4.90 Å². The van der Waals surface area contributed by atoms with Crippen LogP contribution in [0.3, 0.4) is 0 Å².